The van der Waals surface area contributed by atoms with Crippen LogP contribution in [-0.4, -0.2) is 10.7 Å². The van der Waals surface area contributed by atoms with Gasteiger partial charge in [0, 0.05) is 22.7 Å². The van der Waals surface area contributed by atoms with Gasteiger partial charge in [0.2, 0.25) is 0 Å². The second-order valence-corrected chi connectivity index (χ2v) is 4.78. The summed E-state index contributed by atoms with van der Waals surface area (Å²) in [6, 6.07) is 11.1. The number of carbonyl (C=O) groups excluding carboxylic acids is 1. The SMILES string of the molecule is CC(=O)c1cc([N+](=O)[O-])ccc1OCc1ccccc1Cl. The molecule has 2 aromatic carbocycles. The molecule has 108 valence electrons. The van der Waals surface area contributed by atoms with Gasteiger partial charge < -0.3 is 4.74 Å². The van der Waals surface area contributed by atoms with Gasteiger partial charge in [-0.15, -0.1) is 0 Å². The summed E-state index contributed by atoms with van der Waals surface area (Å²) in [7, 11) is 0. The van der Waals surface area contributed by atoms with Gasteiger partial charge in [-0.3, -0.25) is 14.9 Å². The molecule has 2 aromatic rings. The van der Waals surface area contributed by atoms with Gasteiger partial charge in [0.1, 0.15) is 12.4 Å². The highest BCUT2D eigenvalue weighted by Crippen LogP contribution is 2.26. The Morgan fingerprint density at radius 1 is 1.29 bits per heavy atom. The molecule has 0 saturated carbocycles. The number of ether oxygens (including phenoxy) is 1. The van der Waals surface area contributed by atoms with Crippen LogP contribution in [0.25, 0.3) is 0 Å². The van der Waals surface area contributed by atoms with Crippen LogP contribution in [0, 0.1) is 10.1 Å². The maximum Gasteiger partial charge on any atom is 0.270 e. The van der Waals surface area contributed by atoms with E-state index in [-0.39, 0.29) is 23.6 Å². The van der Waals surface area contributed by atoms with Crippen molar-refractivity contribution in [1.82, 2.24) is 0 Å². The normalized spacial score (nSPS) is 10.2. The first-order chi connectivity index (χ1) is 9.99. The van der Waals surface area contributed by atoms with Crippen molar-refractivity contribution in [2.45, 2.75) is 13.5 Å². The highest BCUT2D eigenvalue weighted by molar-refractivity contribution is 6.31. The number of hydrogen-bond acceptors (Lipinski definition) is 4. The molecule has 0 aliphatic heterocycles. The molecule has 0 heterocycles. The Labute approximate surface area is 126 Å². The van der Waals surface area contributed by atoms with Crippen LogP contribution in [0.4, 0.5) is 5.69 Å². The Morgan fingerprint density at radius 2 is 2.00 bits per heavy atom. The molecule has 5 nitrogen and oxygen atoms in total. The van der Waals surface area contributed by atoms with Crippen molar-refractivity contribution in [2.75, 3.05) is 0 Å². The van der Waals surface area contributed by atoms with E-state index in [0.29, 0.717) is 10.8 Å². The van der Waals surface area contributed by atoms with Crippen LogP contribution in [0.5, 0.6) is 5.75 Å². The molecular formula is C15H12ClNO4. The van der Waals surface area contributed by atoms with Crippen LogP contribution in [0.3, 0.4) is 0 Å². The number of ketones is 1. The molecule has 0 N–H and O–H groups in total. The highest BCUT2D eigenvalue weighted by Gasteiger charge is 2.15. The Morgan fingerprint density at radius 3 is 2.62 bits per heavy atom. The van der Waals surface area contributed by atoms with Crippen molar-refractivity contribution in [2.24, 2.45) is 0 Å². The van der Waals surface area contributed by atoms with E-state index >= 15 is 0 Å². The van der Waals surface area contributed by atoms with Gasteiger partial charge in [-0.2, -0.15) is 0 Å². The van der Waals surface area contributed by atoms with E-state index in [0.717, 1.165) is 5.56 Å². The monoisotopic (exact) mass is 305 g/mol. The fourth-order valence-electron chi connectivity index (χ4n) is 1.80. The van der Waals surface area contributed by atoms with Gasteiger partial charge in [-0.05, 0) is 19.1 Å². The number of nitrogens with zero attached hydrogens (tertiary/aromatic N) is 1. The number of hydrogen-bond donors (Lipinski definition) is 0. The van der Waals surface area contributed by atoms with Crippen LogP contribution in [0.1, 0.15) is 22.8 Å². The Kier molecular flexibility index (Phi) is 4.55. The Bertz CT molecular complexity index is 700. The lowest BCUT2D eigenvalue weighted by molar-refractivity contribution is -0.384. The Balaban J connectivity index is 2.26. The van der Waals surface area contributed by atoms with Gasteiger partial charge in [0.15, 0.2) is 5.78 Å². The van der Waals surface area contributed by atoms with Crippen LogP contribution in [0.2, 0.25) is 5.02 Å². The van der Waals surface area contributed by atoms with E-state index in [1.54, 1.807) is 18.2 Å². The van der Waals surface area contributed by atoms with Crippen molar-refractivity contribution in [1.29, 1.82) is 0 Å². The first-order valence-corrected chi connectivity index (χ1v) is 6.52. The molecular weight excluding hydrogens is 294 g/mol. The fraction of sp³-hybridized carbons (Fsp3) is 0.133. The molecule has 6 heteroatoms. The summed E-state index contributed by atoms with van der Waals surface area (Å²) in [5.41, 5.74) is 0.800. The number of halogens is 1. The zero-order valence-electron chi connectivity index (χ0n) is 11.2. The molecule has 0 aromatic heterocycles. The Hall–Kier alpha value is -2.40. The number of Topliss-reactive ketones (excluding diaryl/α,β-unsaturated/α-hetero) is 1. The number of nitro benzene ring substituents is 1. The van der Waals surface area contributed by atoms with Crippen LogP contribution in [0.15, 0.2) is 42.5 Å². The van der Waals surface area contributed by atoms with E-state index in [4.69, 9.17) is 16.3 Å². The average Bonchev–Trinajstić information content (AvgIpc) is 2.46. The van der Waals surface area contributed by atoms with Gasteiger partial charge >= 0.3 is 0 Å². The zero-order valence-corrected chi connectivity index (χ0v) is 12.0. The van der Waals surface area contributed by atoms with E-state index in [1.807, 2.05) is 6.07 Å². The number of benzene rings is 2. The summed E-state index contributed by atoms with van der Waals surface area (Å²) in [5.74, 6) is 0.000813. The molecule has 21 heavy (non-hydrogen) atoms. The second-order valence-electron chi connectivity index (χ2n) is 4.37. The standard InChI is InChI=1S/C15H12ClNO4/c1-10(18)13-8-12(17(19)20)6-7-15(13)21-9-11-4-2-3-5-14(11)16/h2-8H,9H2,1H3. The lowest BCUT2D eigenvalue weighted by Gasteiger charge is -2.10. The molecule has 0 amide bonds. The third-order valence-electron chi connectivity index (χ3n) is 2.89. The van der Waals surface area contributed by atoms with E-state index in [2.05, 4.69) is 0 Å². The molecule has 0 saturated heterocycles. The lowest BCUT2D eigenvalue weighted by atomic mass is 10.1. The largest absolute Gasteiger partial charge is 0.488 e. The van der Waals surface area contributed by atoms with E-state index < -0.39 is 4.92 Å². The van der Waals surface area contributed by atoms with E-state index in [9.17, 15) is 14.9 Å². The summed E-state index contributed by atoms with van der Waals surface area (Å²) >= 11 is 6.02. The molecule has 0 bridgehead atoms. The third-order valence-corrected chi connectivity index (χ3v) is 3.26. The summed E-state index contributed by atoms with van der Waals surface area (Å²) in [6.45, 7) is 1.51. The van der Waals surface area contributed by atoms with Crippen LogP contribution in [-0.2, 0) is 6.61 Å². The molecule has 0 unspecified atom stereocenters. The molecule has 0 atom stereocenters. The minimum Gasteiger partial charge on any atom is -0.488 e. The van der Waals surface area contributed by atoms with Crippen molar-refractivity contribution < 1.29 is 14.5 Å². The molecule has 0 spiro atoms. The summed E-state index contributed by atoms with van der Waals surface area (Å²) in [4.78, 5) is 21.8. The molecule has 0 aliphatic carbocycles. The summed E-state index contributed by atoms with van der Waals surface area (Å²) in [5, 5.41) is 11.3. The van der Waals surface area contributed by atoms with Gasteiger partial charge in [-0.25, -0.2) is 0 Å². The summed E-state index contributed by atoms with van der Waals surface area (Å²) < 4.78 is 5.57. The highest BCUT2D eigenvalue weighted by atomic mass is 35.5. The smallest absolute Gasteiger partial charge is 0.270 e. The minimum absolute atomic E-state index is 0.148. The van der Waals surface area contributed by atoms with Gasteiger partial charge in [0.05, 0.1) is 10.5 Å². The molecule has 0 radical (unpaired) electrons. The maximum absolute atomic E-state index is 11.6. The zero-order chi connectivity index (χ0) is 15.4. The molecule has 2 rings (SSSR count). The average molecular weight is 306 g/mol. The molecule has 0 aliphatic rings. The van der Waals surface area contributed by atoms with Crippen molar-refractivity contribution >= 4 is 23.1 Å². The molecule has 0 fully saturated rings. The first-order valence-electron chi connectivity index (χ1n) is 6.14. The quantitative estimate of drug-likeness (QED) is 0.475. The predicted molar refractivity (Wildman–Crippen MR) is 78.9 cm³/mol. The number of non-ortho nitro benzene ring substituents is 1. The second kappa shape index (κ2) is 6.37. The third kappa shape index (κ3) is 3.58. The first kappa shape index (κ1) is 15.0. The predicted octanol–water partition coefficient (Wildman–Crippen LogP) is 4.03. The summed E-state index contributed by atoms with van der Waals surface area (Å²) in [6.07, 6.45) is 0. The minimum atomic E-state index is -0.551. The lowest BCUT2D eigenvalue weighted by Crippen LogP contribution is -2.03. The number of carbonyl (C=O) groups is 1. The van der Waals surface area contributed by atoms with Crippen LogP contribution < -0.4 is 4.74 Å². The fourth-order valence-corrected chi connectivity index (χ4v) is 1.99. The van der Waals surface area contributed by atoms with E-state index in [1.165, 1.54) is 25.1 Å². The maximum atomic E-state index is 11.6. The van der Waals surface area contributed by atoms with Crippen molar-refractivity contribution in [3.05, 3.63) is 68.7 Å². The van der Waals surface area contributed by atoms with Gasteiger partial charge in [-0.1, -0.05) is 29.8 Å². The van der Waals surface area contributed by atoms with Crippen LogP contribution >= 0.6 is 11.6 Å². The van der Waals surface area contributed by atoms with Crippen molar-refractivity contribution in [3.63, 3.8) is 0 Å². The number of nitro groups is 1. The van der Waals surface area contributed by atoms with Crippen molar-refractivity contribution in [3.8, 4) is 5.75 Å². The topological polar surface area (TPSA) is 69.4 Å². The van der Waals surface area contributed by atoms with Gasteiger partial charge in [0.25, 0.3) is 5.69 Å². The number of rotatable bonds is 5.